The van der Waals surface area contributed by atoms with Crippen molar-refractivity contribution in [1.82, 2.24) is 4.90 Å². The van der Waals surface area contributed by atoms with E-state index in [9.17, 15) is 14.7 Å². The minimum absolute atomic E-state index is 0.0117. The van der Waals surface area contributed by atoms with E-state index in [1.54, 1.807) is 4.90 Å². The van der Waals surface area contributed by atoms with Crippen LogP contribution in [0, 0.1) is 5.92 Å². The molecule has 0 radical (unpaired) electrons. The predicted octanol–water partition coefficient (Wildman–Crippen LogP) is 3.94. The normalized spacial score (nSPS) is 24.5. The van der Waals surface area contributed by atoms with Crippen molar-refractivity contribution in [3.63, 3.8) is 0 Å². The molecule has 3 atom stereocenters. The fourth-order valence-corrected chi connectivity index (χ4v) is 5.19. The lowest BCUT2D eigenvalue weighted by Crippen LogP contribution is -2.39. The van der Waals surface area contributed by atoms with Crippen molar-refractivity contribution >= 4 is 11.7 Å². The lowest BCUT2D eigenvalue weighted by atomic mass is 9.77. The minimum Gasteiger partial charge on any atom is -0.490 e. The van der Waals surface area contributed by atoms with Crippen LogP contribution in [0.2, 0.25) is 0 Å². The summed E-state index contributed by atoms with van der Waals surface area (Å²) in [5, 5.41) is 9.66. The van der Waals surface area contributed by atoms with E-state index < -0.39 is 6.04 Å². The number of hydrogen-bond donors (Lipinski definition) is 1. The molecular weight excluding hydrogens is 422 g/mol. The first-order chi connectivity index (χ1) is 16.1. The number of hydrogen-bond acceptors (Lipinski definition) is 6. The number of Topliss-reactive ketones (excluding diaryl/α,β-unsaturated/α-hetero) is 1. The Hall–Kier alpha value is -2.54. The number of aliphatic hydroxyl groups is 1. The van der Waals surface area contributed by atoms with Gasteiger partial charge in [-0.05, 0) is 50.3 Å². The number of fused-ring (bicyclic) bond motifs is 1. The lowest BCUT2D eigenvalue weighted by molar-refractivity contribution is -0.135. The van der Waals surface area contributed by atoms with Gasteiger partial charge in [-0.15, -0.1) is 0 Å². The van der Waals surface area contributed by atoms with Gasteiger partial charge in [-0.2, -0.15) is 0 Å². The van der Waals surface area contributed by atoms with Gasteiger partial charge < -0.3 is 24.2 Å². The second kappa shape index (κ2) is 10.6. The van der Waals surface area contributed by atoms with Crippen LogP contribution in [-0.2, 0) is 14.3 Å². The fraction of sp³-hybridized carbons (Fsp3) is 0.615. The molecule has 4 rings (SSSR count). The Morgan fingerprint density at radius 1 is 1.09 bits per heavy atom. The van der Waals surface area contributed by atoms with E-state index in [4.69, 9.17) is 14.2 Å². The van der Waals surface area contributed by atoms with Gasteiger partial charge in [-0.1, -0.05) is 32.3 Å². The topological polar surface area (TPSA) is 85.3 Å². The van der Waals surface area contributed by atoms with Crippen molar-refractivity contribution in [2.75, 3.05) is 26.4 Å². The first-order valence-corrected chi connectivity index (χ1v) is 12.4. The summed E-state index contributed by atoms with van der Waals surface area (Å²) in [6.07, 6.45) is 6.55. The maximum atomic E-state index is 13.6. The molecule has 7 nitrogen and oxygen atoms in total. The Bertz CT molecular complexity index is 910. The largest absolute Gasteiger partial charge is 0.490 e. The third kappa shape index (κ3) is 4.60. The molecule has 1 aromatic rings. The molecule has 3 aliphatic rings. The molecule has 180 valence electrons. The Labute approximate surface area is 195 Å². The number of benzene rings is 1. The number of carbonyl (C=O) groups excluding carboxylic acids is 2. The fourth-order valence-electron chi connectivity index (χ4n) is 5.19. The molecular formula is C26H35NO6. The zero-order valence-corrected chi connectivity index (χ0v) is 19.7. The summed E-state index contributed by atoms with van der Waals surface area (Å²) in [7, 11) is 0. The van der Waals surface area contributed by atoms with Crippen molar-refractivity contribution in [3.8, 4) is 11.5 Å². The molecule has 0 bridgehead atoms. The number of ether oxygens (including phenoxy) is 3. The van der Waals surface area contributed by atoms with Gasteiger partial charge in [-0.3, -0.25) is 9.59 Å². The van der Waals surface area contributed by atoms with Gasteiger partial charge in [0.05, 0.1) is 37.4 Å². The highest BCUT2D eigenvalue weighted by Crippen LogP contribution is 2.47. The Morgan fingerprint density at radius 2 is 1.91 bits per heavy atom. The van der Waals surface area contributed by atoms with Crippen LogP contribution < -0.4 is 9.47 Å². The van der Waals surface area contributed by atoms with Crippen LogP contribution >= 0.6 is 0 Å². The summed E-state index contributed by atoms with van der Waals surface area (Å²) in [5.41, 5.74) is 1.19. The molecule has 0 spiro atoms. The van der Waals surface area contributed by atoms with Gasteiger partial charge in [0.15, 0.2) is 23.0 Å². The third-order valence-electron chi connectivity index (χ3n) is 6.79. The van der Waals surface area contributed by atoms with E-state index in [-0.39, 0.29) is 42.6 Å². The van der Waals surface area contributed by atoms with E-state index in [1.807, 2.05) is 25.1 Å². The van der Waals surface area contributed by atoms with Gasteiger partial charge >= 0.3 is 0 Å². The molecule has 1 aliphatic carbocycles. The minimum atomic E-state index is -0.594. The standard InChI is InChI=1S/C26H35NO6/c1-3-5-8-15-32-20-12-11-17(16-21(20)31-4-2)23-22-24(29)18-9-6-7-10-19(18)33-25(22)26(30)27(23)13-14-28/h11-12,16,18-19,23,28H,3-10,13-15H2,1-2H3. The number of carbonyl (C=O) groups is 2. The zero-order chi connectivity index (χ0) is 23.4. The Kier molecular flexibility index (Phi) is 7.58. The van der Waals surface area contributed by atoms with Crippen LogP contribution in [0.5, 0.6) is 11.5 Å². The van der Waals surface area contributed by atoms with Crippen molar-refractivity contribution in [2.24, 2.45) is 5.92 Å². The van der Waals surface area contributed by atoms with Crippen molar-refractivity contribution < 1.29 is 28.9 Å². The van der Waals surface area contributed by atoms with Gasteiger partial charge in [-0.25, -0.2) is 0 Å². The summed E-state index contributed by atoms with van der Waals surface area (Å²) < 4.78 is 17.9. The molecule has 1 amide bonds. The van der Waals surface area contributed by atoms with Crippen LogP contribution in [0.1, 0.15) is 70.4 Å². The number of unbranched alkanes of at least 4 members (excludes halogenated alkanes) is 2. The summed E-state index contributed by atoms with van der Waals surface area (Å²) in [5.74, 6) is 0.907. The number of β-amino-alcohol motifs (C(OH)–C–C–N with tert-alkyl or cyclic N) is 1. The Balaban J connectivity index is 1.68. The molecule has 33 heavy (non-hydrogen) atoms. The molecule has 2 heterocycles. The summed E-state index contributed by atoms with van der Waals surface area (Å²) in [6, 6.07) is 5.00. The molecule has 7 heteroatoms. The zero-order valence-electron chi connectivity index (χ0n) is 19.7. The predicted molar refractivity (Wildman–Crippen MR) is 123 cm³/mol. The highest BCUT2D eigenvalue weighted by molar-refractivity contribution is 6.11. The van der Waals surface area contributed by atoms with Crippen LogP contribution in [0.25, 0.3) is 0 Å². The lowest BCUT2D eigenvalue weighted by Gasteiger charge is -2.35. The van der Waals surface area contributed by atoms with Crippen molar-refractivity contribution in [2.45, 2.75) is 70.9 Å². The van der Waals surface area contributed by atoms with E-state index in [2.05, 4.69) is 6.92 Å². The van der Waals surface area contributed by atoms with Gasteiger partial charge in [0, 0.05) is 6.54 Å². The number of nitrogens with zero attached hydrogens (tertiary/aromatic N) is 1. The number of ketones is 1. The maximum absolute atomic E-state index is 13.6. The van der Waals surface area contributed by atoms with Gasteiger partial charge in [0.2, 0.25) is 0 Å². The van der Waals surface area contributed by atoms with Crippen LogP contribution in [0.4, 0.5) is 0 Å². The second-order valence-electron chi connectivity index (χ2n) is 8.97. The second-order valence-corrected chi connectivity index (χ2v) is 8.97. The van der Waals surface area contributed by atoms with Crippen LogP contribution in [-0.4, -0.2) is 54.2 Å². The molecule has 1 N–H and O–H groups in total. The van der Waals surface area contributed by atoms with E-state index in [1.165, 1.54) is 0 Å². The maximum Gasteiger partial charge on any atom is 0.290 e. The SMILES string of the molecule is CCCCCOc1ccc(C2C3=C(OC4CCCCC4C3=O)C(=O)N2CCO)cc1OCC. The van der Waals surface area contributed by atoms with Gasteiger partial charge in [0.25, 0.3) is 5.91 Å². The molecule has 1 saturated carbocycles. The molecule has 3 unspecified atom stereocenters. The number of rotatable bonds is 10. The highest BCUT2D eigenvalue weighted by atomic mass is 16.5. The van der Waals surface area contributed by atoms with Gasteiger partial charge in [0.1, 0.15) is 6.10 Å². The molecule has 2 aliphatic heterocycles. The number of aliphatic hydroxyl groups excluding tert-OH is 1. The van der Waals surface area contributed by atoms with E-state index in [0.717, 1.165) is 50.5 Å². The quantitative estimate of drug-likeness (QED) is 0.536. The van der Waals surface area contributed by atoms with Crippen molar-refractivity contribution in [1.29, 1.82) is 0 Å². The summed E-state index contributed by atoms with van der Waals surface area (Å²) in [4.78, 5) is 28.4. The molecule has 1 aromatic carbocycles. The van der Waals surface area contributed by atoms with Crippen LogP contribution in [0.15, 0.2) is 29.5 Å². The Morgan fingerprint density at radius 3 is 2.67 bits per heavy atom. The average Bonchev–Trinajstić information content (AvgIpc) is 3.10. The first-order valence-electron chi connectivity index (χ1n) is 12.4. The summed E-state index contributed by atoms with van der Waals surface area (Å²) >= 11 is 0. The first kappa shape index (κ1) is 23.6. The highest BCUT2D eigenvalue weighted by Gasteiger charge is 2.51. The van der Waals surface area contributed by atoms with E-state index >= 15 is 0 Å². The third-order valence-corrected chi connectivity index (χ3v) is 6.79. The molecule has 1 fully saturated rings. The molecule has 0 aromatic heterocycles. The molecule has 0 saturated heterocycles. The van der Waals surface area contributed by atoms with Crippen molar-refractivity contribution in [3.05, 3.63) is 35.1 Å². The monoisotopic (exact) mass is 457 g/mol. The smallest absolute Gasteiger partial charge is 0.290 e. The summed E-state index contributed by atoms with van der Waals surface area (Å²) in [6.45, 7) is 5.07. The van der Waals surface area contributed by atoms with E-state index in [0.29, 0.717) is 30.3 Å². The number of amides is 1. The average molecular weight is 458 g/mol. The van der Waals surface area contributed by atoms with Crippen LogP contribution in [0.3, 0.4) is 0 Å².